The Morgan fingerprint density at radius 2 is 2.10 bits per heavy atom. The van der Waals surface area contributed by atoms with Crippen molar-refractivity contribution in [3.05, 3.63) is 48.2 Å². The van der Waals surface area contributed by atoms with E-state index in [-0.39, 0.29) is 0 Å². The summed E-state index contributed by atoms with van der Waals surface area (Å²) in [5.41, 5.74) is 2.30. The third-order valence-corrected chi connectivity index (χ3v) is 3.69. The molecule has 1 aromatic heterocycles. The van der Waals surface area contributed by atoms with E-state index in [2.05, 4.69) is 64.0 Å². The van der Waals surface area contributed by atoms with Crippen molar-refractivity contribution in [3.63, 3.8) is 0 Å². The van der Waals surface area contributed by atoms with E-state index in [1.165, 1.54) is 10.9 Å². The average Bonchev–Trinajstić information content (AvgIpc) is 3.13. The number of fused-ring (bicyclic) bond motifs is 1. The molecule has 3 N–H and O–H groups in total. The van der Waals surface area contributed by atoms with Crippen LogP contribution < -0.4 is 10.6 Å². The molecule has 1 aliphatic rings. The first-order valence-electron chi connectivity index (χ1n) is 7.61. The molecule has 21 heavy (non-hydrogen) atoms. The van der Waals surface area contributed by atoms with Crippen LogP contribution in [0.3, 0.4) is 0 Å². The highest BCUT2D eigenvalue weighted by atomic mass is 15.2. The number of H-pyrrole nitrogens is 1. The van der Waals surface area contributed by atoms with Crippen molar-refractivity contribution in [3.8, 4) is 0 Å². The number of hydrogen-bond acceptors (Lipinski definition) is 1. The minimum atomic E-state index is 0.477. The zero-order chi connectivity index (χ0) is 14.5. The first-order valence-corrected chi connectivity index (χ1v) is 7.61. The third-order valence-electron chi connectivity index (χ3n) is 3.69. The Bertz CT molecular complexity index is 613. The number of aromatic amines is 1. The number of benzene rings is 1. The topological polar surface area (TPSA) is 52.2 Å². The SMILES string of the molecule is CCNC(=NCc1cc2ccccc2[nH]1)NC1CC=CC1. The molecule has 2 aromatic rings. The molecule has 1 heterocycles. The van der Waals surface area contributed by atoms with E-state index in [1.54, 1.807) is 0 Å². The number of nitrogens with one attached hydrogen (secondary N) is 3. The van der Waals surface area contributed by atoms with Crippen molar-refractivity contribution in [1.82, 2.24) is 15.6 Å². The van der Waals surface area contributed by atoms with Crippen LogP contribution in [0.15, 0.2) is 47.5 Å². The lowest BCUT2D eigenvalue weighted by atomic mass is 10.2. The molecule has 0 fully saturated rings. The summed E-state index contributed by atoms with van der Waals surface area (Å²) in [6, 6.07) is 11.0. The molecular weight excluding hydrogens is 260 g/mol. The number of guanidine groups is 1. The van der Waals surface area contributed by atoms with Gasteiger partial charge in [0.2, 0.25) is 0 Å². The highest BCUT2D eigenvalue weighted by Gasteiger charge is 2.11. The molecule has 0 bridgehead atoms. The predicted molar refractivity (Wildman–Crippen MR) is 88.4 cm³/mol. The van der Waals surface area contributed by atoms with Crippen molar-refractivity contribution in [2.75, 3.05) is 6.54 Å². The van der Waals surface area contributed by atoms with Crippen LogP contribution in [0.2, 0.25) is 0 Å². The van der Waals surface area contributed by atoms with E-state index in [4.69, 9.17) is 0 Å². The Hall–Kier alpha value is -2.23. The largest absolute Gasteiger partial charge is 0.357 e. The number of nitrogens with zero attached hydrogens (tertiary/aromatic N) is 1. The summed E-state index contributed by atoms with van der Waals surface area (Å²) in [5.74, 6) is 0.893. The van der Waals surface area contributed by atoms with Gasteiger partial charge in [0.1, 0.15) is 0 Å². The van der Waals surface area contributed by atoms with Gasteiger partial charge in [-0.1, -0.05) is 30.4 Å². The van der Waals surface area contributed by atoms with Gasteiger partial charge in [0, 0.05) is 23.8 Å². The van der Waals surface area contributed by atoms with E-state index in [0.717, 1.165) is 31.0 Å². The van der Waals surface area contributed by atoms with Crippen molar-refractivity contribution in [1.29, 1.82) is 0 Å². The maximum atomic E-state index is 4.68. The van der Waals surface area contributed by atoms with Crippen molar-refractivity contribution < 1.29 is 0 Å². The quantitative estimate of drug-likeness (QED) is 0.459. The minimum absolute atomic E-state index is 0.477. The number of aliphatic imine (C=N–C) groups is 1. The molecule has 0 unspecified atom stereocenters. The highest BCUT2D eigenvalue weighted by molar-refractivity contribution is 5.81. The zero-order valence-corrected chi connectivity index (χ0v) is 12.4. The summed E-state index contributed by atoms with van der Waals surface area (Å²) in [5, 5.41) is 8.03. The lowest BCUT2D eigenvalue weighted by Crippen LogP contribution is -2.42. The van der Waals surface area contributed by atoms with Crippen LogP contribution in [-0.4, -0.2) is 23.5 Å². The van der Waals surface area contributed by atoms with E-state index >= 15 is 0 Å². The standard InChI is InChI=1S/C17H22N4/c1-2-18-17(21-14-8-4-5-9-14)19-12-15-11-13-7-3-6-10-16(13)20-15/h3-7,10-11,14,20H,2,8-9,12H2,1H3,(H2,18,19,21). The van der Waals surface area contributed by atoms with Gasteiger partial charge in [-0.2, -0.15) is 0 Å². The van der Waals surface area contributed by atoms with Gasteiger partial charge in [-0.3, -0.25) is 0 Å². The summed E-state index contributed by atoms with van der Waals surface area (Å²) in [7, 11) is 0. The van der Waals surface area contributed by atoms with Gasteiger partial charge in [-0.15, -0.1) is 0 Å². The number of hydrogen-bond donors (Lipinski definition) is 3. The van der Waals surface area contributed by atoms with Crippen molar-refractivity contribution >= 4 is 16.9 Å². The van der Waals surface area contributed by atoms with Crippen LogP contribution in [0, 0.1) is 0 Å². The maximum Gasteiger partial charge on any atom is 0.191 e. The normalized spacial score (nSPS) is 15.8. The second-order valence-corrected chi connectivity index (χ2v) is 5.36. The molecule has 4 heteroatoms. The first kappa shape index (κ1) is 13.7. The zero-order valence-electron chi connectivity index (χ0n) is 12.4. The Morgan fingerprint density at radius 3 is 2.86 bits per heavy atom. The summed E-state index contributed by atoms with van der Waals surface area (Å²) >= 11 is 0. The number of rotatable bonds is 4. The van der Waals surface area contributed by atoms with Gasteiger partial charge in [0.05, 0.1) is 6.54 Å². The summed E-state index contributed by atoms with van der Waals surface area (Å²) in [4.78, 5) is 8.09. The van der Waals surface area contributed by atoms with Crippen LogP contribution in [0.25, 0.3) is 10.9 Å². The first-order chi connectivity index (χ1) is 10.3. The van der Waals surface area contributed by atoms with Gasteiger partial charge in [0.25, 0.3) is 0 Å². The molecule has 0 amide bonds. The van der Waals surface area contributed by atoms with E-state index < -0.39 is 0 Å². The molecule has 0 saturated heterocycles. The summed E-state index contributed by atoms with van der Waals surface area (Å²) in [6.07, 6.45) is 6.60. The molecule has 1 aliphatic carbocycles. The molecule has 110 valence electrons. The van der Waals surface area contributed by atoms with Crippen LogP contribution in [0.4, 0.5) is 0 Å². The Kier molecular flexibility index (Phi) is 4.24. The van der Waals surface area contributed by atoms with Crippen LogP contribution in [0.5, 0.6) is 0 Å². The highest BCUT2D eigenvalue weighted by Crippen LogP contribution is 2.15. The molecular formula is C17H22N4. The second-order valence-electron chi connectivity index (χ2n) is 5.36. The lowest BCUT2D eigenvalue weighted by molar-refractivity contribution is 0.633. The summed E-state index contributed by atoms with van der Waals surface area (Å²) < 4.78 is 0. The molecule has 3 rings (SSSR count). The maximum absolute atomic E-state index is 4.68. The van der Waals surface area contributed by atoms with E-state index in [0.29, 0.717) is 12.6 Å². The number of para-hydroxylation sites is 1. The monoisotopic (exact) mass is 282 g/mol. The van der Waals surface area contributed by atoms with Crippen LogP contribution in [0.1, 0.15) is 25.5 Å². The third kappa shape index (κ3) is 3.45. The van der Waals surface area contributed by atoms with Crippen molar-refractivity contribution in [2.45, 2.75) is 32.4 Å². The summed E-state index contributed by atoms with van der Waals surface area (Å²) in [6.45, 7) is 3.62. The molecule has 1 aromatic carbocycles. The Labute approximate surface area is 125 Å². The molecule has 0 saturated carbocycles. The van der Waals surface area contributed by atoms with Crippen molar-refractivity contribution in [2.24, 2.45) is 4.99 Å². The van der Waals surface area contributed by atoms with Crippen LogP contribution >= 0.6 is 0 Å². The van der Waals surface area contributed by atoms with Gasteiger partial charge in [-0.05, 0) is 37.3 Å². The smallest absolute Gasteiger partial charge is 0.191 e. The average molecular weight is 282 g/mol. The Balaban J connectivity index is 1.68. The van der Waals surface area contributed by atoms with Crippen LogP contribution in [-0.2, 0) is 6.54 Å². The molecule has 0 aliphatic heterocycles. The van der Waals surface area contributed by atoms with Gasteiger partial charge in [-0.25, -0.2) is 4.99 Å². The molecule has 4 nitrogen and oxygen atoms in total. The molecule has 0 radical (unpaired) electrons. The minimum Gasteiger partial charge on any atom is -0.357 e. The van der Waals surface area contributed by atoms with E-state index in [9.17, 15) is 0 Å². The fraction of sp³-hybridized carbons (Fsp3) is 0.353. The van der Waals surface area contributed by atoms with Gasteiger partial charge < -0.3 is 15.6 Å². The lowest BCUT2D eigenvalue weighted by Gasteiger charge is -2.16. The van der Waals surface area contributed by atoms with E-state index in [1.807, 2.05) is 6.07 Å². The second kappa shape index (κ2) is 6.48. The fourth-order valence-electron chi connectivity index (χ4n) is 2.63. The number of aromatic nitrogens is 1. The fourth-order valence-corrected chi connectivity index (χ4v) is 2.63. The predicted octanol–water partition coefficient (Wildman–Crippen LogP) is 2.94. The Morgan fingerprint density at radius 1 is 1.29 bits per heavy atom. The van der Waals surface area contributed by atoms with Gasteiger partial charge >= 0.3 is 0 Å². The van der Waals surface area contributed by atoms with Gasteiger partial charge in [0.15, 0.2) is 5.96 Å². The molecule has 0 spiro atoms. The molecule has 0 atom stereocenters.